The average molecular weight is 287 g/mol. The maximum Gasteiger partial charge on any atom is 0.128 e. The predicted octanol–water partition coefficient (Wildman–Crippen LogP) is 2.45. The third kappa shape index (κ3) is 4.73. The Balaban J connectivity index is 1.88. The molecule has 2 heterocycles. The zero-order valence-corrected chi connectivity index (χ0v) is 12.4. The fourth-order valence-electron chi connectivity index (χ4n) is 2.06. The summed E-state index contributed by atoms with van der Waals surface area (Å²) in [5.41, 5.74) is 1.69. The fraction of sp³-hybridized carbons (Fsp3) is 0.533. The van der Waals surface area contributed by atoms with Crippen molar-refractivity contribution in [3.8, 4) is 11.3 Å². The van der Waals surface area contributed by atoms with Gasteiger partial charge in [0.1, 0.15) is 17.8 Å². The molecule has 2 aromatic rings. The maximum absolute atomic E-state index is 10.2. The summed E-state index contributed by atoms with van der Waals surface area (Å²) in [7, 11) is 0. The Bertz CT molecular complexity index is 549. The predicted molar refractivity (Wildman–Crippen MR) is 79.6 cm³/mol. The highest BCUT2D eigenvalue weighted by molar-refractivity contribution is 5.54. The number of aromatic nitrogens is 5. The number of carbonyl (C=O) groups is 1. The minimum Gasteiger partial charge on any atom is -0.303 e. The number of nitrogens with zero attached hydrogens (tertiary/aromatic N) is 5. The highest BCUT2D eigenvalue weighted by Crippen LogP contribution is 2.14. The normalized spacial score (nSPS) is 10.7. The number of aryl methyl sites for hydroxylation is 2. The largest absolute Gasteiger partial charge is 0.303 e. The van der Waals surface area contributed by atoms with Crippen LogP contribution >= 0.6 is 0 Å². The van der Waals surface area contributed by atoms with Crippen molar-refractivity contribution in [3.63, 3.8) is 0 Å². The van der Waals surface area contributed by atoms with E-state index in [0.29, 0.717) is 6.42 Å². The standard InChI is InChI=1S/C15H21N5O/c1-2-7-15-16-10-13(11-17-15)14-12-20(19-18-14)8-5-3-4-6-9-21/h9-12H,2-8H2,1H3. The Labute approximate surface area is 124 Å². The molecule has 6 nitrogen and oxygen atoms in total. The van der Waals surface area contributed by atoms with Gasteiger partial charge < -0.3 is 4.79 Å². The molecule has 0 spiro atoms. The molecule has 0 aliphatic rings. The average Bonchev–Trinajstić information content (AvgIpc) is 2.97. The molecule has 0 aliphatic carbocycles. The second-order valence-electron chi connectivity index (χ2n) is 5.02. The number of aldehydes is 1. The first-order valence-corrected chi connectivity index (χ1v) is 7.48. The first kappa shape index (κ1) is 15.3. The van der Waals surface area contributed by atoms with Crippen molar-refractivity contribution >= 4 is 6.29 Å². The molecule has 0 amide bonds. The summed E-state index contributed by atoms with van der Waals surface area (Å²) in [5.74, 6) is 0.865. The molecule has 0 N–H and O–H groups in total. The molecule has 0 aromatic carbocycles. The van der Waals surface area contributed by atoms with Crippen molar-refractivity contribution < 1.29 is 4.79 Å². The number of carbonyl (C=O) groups excluding carboxylic acids is 1. The van der Waals surface area contributed by atoms with Gasteiger partial charge in [0.05, 0.1) is 6.20 Å². The van der Waals surface area contributed by atoms with E-state index in [4.69, 9.17) is 0 Å². The third-order valence-electron chi connectivity index (χ3n) is 3.22. The van der Waals surface area contributed by atoms with E-state index in [1.165, 1.54) is 0 Å². The van der Waals surface area contributed by atoms with Gasteiger partial charge in [-0.1, -0.05) is 18.6 Å². The topological polar surface area (TPSA) is 73.6 Å². The summed E-state index contributed by atoms with van der Waals surface area (Å²) in [6, 6.07) is 0. The molecule has 112 valence electrons. The zero-order valence-electron chi connectivity index (χ0n) is 12.4. The SMILES string of the molecule is CCCc1ncc(-c2cn(CCCCCC=O)nn2)cn1. The highest BCUT2D eigenvalue weighted by Gasteiger charge is 2.05. The lowest BCUT2D eigenvalue weighted by atomic mass is 10.2. The van der Waals surface area contributed by atoms with Crippen molar-refractivity contribution in [1.82, 2.24) is 25.0 Å². The van der Waals surface area contributed by atoms with Crippen molar-refractivity contribution in [2.45, 2.75) is 52.0 Å². The highest BCUT2D eigenvalue weighted by atomic mass is 16.1. The minimum atomic E-state index is 0.643. The molecule has 0 unspecified atom stereocenters. The van der Waals surface area contributed by atoms with Crippen LogP contribution in [0.25, 0.3) is 11.3 Å². The molecule has 21 heavy (non-hydrogen) atoms. The van der Waals surface area contributed by atoms with Gasteiger partial charge in [0.15, 0.2) is 0 Å². The monoisotopic (exact) mass is 287 g/mol. The smallest absolute Gasteiger partial charge is 0.128 e. The molecule has 0 radical (unpaired) electrons. The number of rotatable bonds is 9. The Kier molecular flexibility index (Phi) is 5.99. The molecule has 0 saturated carbocycles. The molecule has 2 rings (SSSR count). The van der Waals surface area contributed by atoms with E-state index in [1.54, 1.807) is 12.4 Å². The molecule has 0 fully saturated rings. The van der Waals surface area contributed by atoms with E-state index in [0.717, 1.165) is 62.0 Å². The van der Waals surface area contributed by atoms with Gasteiger partial charge in [0.25, 0.3) is 0 Å². The molecule has 2 aromatic heterocycles. The number of hydrogen-bond donors (Lipinski definition) is 0. The number of unbranched alkanes of at least 4 members (excludes halogenated alkanes) is 3. The van der Waals surface area contributed by atoms with Crippen LogP contribution in [0.15, 0.2) is 18.6 Å². The van der Waals surface area contributed by atoms with E-state index < -0.39 is 0 Å². The van der Waals surface area contributed by atoms with E-state index in [2.05, 4.69) is 27.2 Å². The maximum atomic E-state index is 10.2. The van der Waals surface area contributed by atoms with Crippen molar-refractivity contribution in [2.75, 3.05) is 0 Å². The van der Waals surface area contributed by atoms with Gasteiger partial charge in [0, 0.05) is 37.3 Å². The van der Waals surface area contributed by atoms with Crippen molar-refractivity contribution in [1.29, 1.82) is 0 Å². The summed E-state index contributed by atoms with van der Waals surface area (Å²) in [4.78, 5) is 18.9. The first-order chi connectivity index (χ1) is 10.3. The Hall–Kier alpha value is -2.11. The van der Waals surface area contributed by atoms with Gasteiger partial charge in [-0.05, 0) is 19.3 Å². The van der Waals surface area contributed by atoms with Gasteiger partial charge in [-0.3, -0.25) is 4.68 Å². The lowest BCUT2D eigenvalue weighted by molar-refractivity contribution is -0.107. The second-order valence-corrected chi connectivity index (χ2v) is 5.02. The van der Waals surface area contributed by atoms with Crippen LogP contribution in [0, 0.1) is 0 Å². The second kappa shape index (κ2) is 8.24. The third-order valence-corrected chi connectivity index (χ3v) is 3.22. The van der Waals surface area contributed by atoms with E-state index in [1.807, 2.05) is 10.9 Å². The van der Waals surface area contributed by atoms with Gasteiger partial charge in [-0.2, -0.15) is 0 Å². The molecule has 6 heteroatoms. The van der Waals surface area contributed by atoms with Crippen molar-refractivity contribution in [3.05, 3.63) is 24.4 Å². The van der Waals surface area contributed by atoms with Crippen molar-refractivity contribution in [2.24, 2.45) is 0 Å². The Morgan fingerprint density at radius 3 is 2.71 bits per heavy atom. The van der Waals surface area contributed by atoms with E-state index >= 15 is 0 Å². The zero-order chi connectivity index (χ0) is 14.9. The lowest BCUT2D eigenvalue weighted by Crippen LogP contribution is -1.98. The van der Waals surface area contributed by atoms with Crippen LogP contribution in [-0.2, 0) is 17.8 Å². The number of hydrogen-bond acceptors (Lipinski definition) is 5. The van der Waals surface area contributed by atoms with E-state index in [9.17, 15) is 4.79 Å². The molecule has 0 bridgehead atoms. The van der Waals surface area contributed by atoms with Crippen LogP contribution in [-0.4, -0.2) is 31.2 Å². The summed E-state index contributed by atoms with van der Waals surface area (Å²) in [6.07, 6.45) is 12.0. The van der Waals surface area contributed by atoms with E-state index in [-0.39, 0.29) is 0 Å². The van der Waals surface area contributed by atoms with Crippen LogP contribution in [0.2, 0.25) is 0 Å². The molecular formula is C15H21N5O. The minimum absolute atomic E-state index is 0.643. The van der Waals surface area contributed by atoms with Crippen LogP contribution < -0.4 is 0 Å². The van der Waals surface area contributed by atoms with Crippen LogP contribution in [0.5, 0.6) is 0 Å². The van der Waals surface area contributed by atoms with Gasteiger partial charge in [-0.25, -0.2) is 9.97 Å². The quantitative estimate of drug-likeness (QED) is 0.523. The summed E-state index contributed by atoms with van der Waals surface area (Å²) >= 11 is 0. The summed E-state index contributed by atoms with van der Waals surface area (Å²) in [5, 5.41) is 8.26. The molecule has 0 aliphatic heterocycles. The lowest BCUT2D eigenvalue weighted by Gasteiger charge is -1.99. The fourth-order valence-corrected chi connectivity index (χ4v) is 2.06. The van der Waals surface area contributed by atoms with Crippen LogP contribution in [0.1, 0.15) is 44.9 Å². The molecule has 0 atom stereocenters. The van der Waals surface area contributed by atoms with Crippen LogP contribution in [0.3, 0.4) is 0 Å². The first-order valence-electron chi connectivity index (χ1n) is 7.48. The Morgan fingerprint density at radius 2 is 2.00 bits per heavy atom. The molecule has 0 saturated heterocycles. The molecular weight excluding hydrogens is 266 g/mol. The van der Waals surface area contributed by atoms with Gasteiger partial charge >= 0.3 is 0 Å². The Morgan fingerprint density at radius 1 is 1.19 bits per heavy atom. The van der Waals surface area contributed by atoms with Gasteiger partial charge in [-0.15, -0.1) is 5.10 Å². The van der Waals surface area contributed by atoms with Crippen LogP contribution in [0.4, 0.5) is 0 Å². The van der Waals surface area contributed by atoms with Gasteiger partial charge in [0.2, 0.25) is 0 Å². The summed E-state index contributed by atoms with van der Waals surface area (Å²) in [6.45, 7) is 2.93. The summed E-state index contributed by atoms with van der Waals surface area (Å²) < 4.78 is 1.83.